The molecule has 0 aliphatic heterocycles. The number of benzene rings is 1. The van der Waals surface area contributed by atoms with Crippen molar-refractivity contribution in [1.29, 1.82) is 0 Å². The number of aryl methyl sites for hydroxylation is 1. The standard InChI is InChI=1S/C17H22N2O/c1-14-8-7-11-16(18-14)12-19(3)13-17(2,20)15-9-5-4-6-10-15/h4-11,20H,12-13H2,1-3H3. The molecular weight excluding hydrogens is 248 g/mol. The predicted octanol–water partition coefficient (Wildman–Crippen LogP) is 2.73. The first-order valence-electron chi connectivity index (χ1n) is 6.86. The van der Waals surface area contributed by atoms with Crippen molar-refractivity contribution in [2.24, 2.45) is 0 Å². The first-order valence-corrected chi connectivity index (χ1v) is 6.86. The molecule has 1 atom stereocenters. The Morgan fingerprint density at radius 2 is 1.80 bits per heavy atom. The van der Waals surface area contributed by atoms with Crippen LogP contribution in [0.5, 0.6) is 0 Å². The molecule has 1 unspecified atom stereocenters. The summed E-state index contributed by atoms with van der Waals surface area (Å²) in [6, 6.07) is 15.8. The minimum absolute atomic E-state index is 0.562. The summed E-state index contributed by atoms with van der Waals surface area (Å²) in [5.41, 5.74) is 2.12. The van der Waals surface area contributed by atoms with Gasteiger partial charge in [0.1, 0.15) is 0 Å². The first kappa shape index (κ1) is 14.7. The molecule has 106 valence electrons. The molecule has 1 aromatic heterocycles. The summed E-state index contributed by atoms with van der Waals surface area (Å²) in [6.45, 7) is 5.13. The van der Waals surface area contributed by atoms with Gasteiger partial charge in [0.2, 0.25) is 0 Å². The van der Waals surface area contributed by atoms with Crippen molar-refractivity contribution in [3.63, 3.8) is 0 Å². The van der Waals surface area contributed by atoms with E-state index in [2.05, 4.69) is 9.88 Å². The molecule has 1 aromatic carbocycles. The summed E-state index contributed by atoms with van der Waals surface area (Å²) in [4.78, 5) is 6.58. The fraction of sp³-hybridized carbons (Fsp3) is 0.353. The van der Waals surface area contributed by atoms with Crippen molar-refractivity contribution >= 4 is 0 Å². The number of pyridine rings is 1. The zero-order chi connectivity index (χ0) is 14.6. The molecule has 2 aromatic rings. The molecule has 0 amide bonds. The monoisotopic (exact) mass is 270 g/mol. The molecule has 0 aliphatic carbocycles. The van der Waals surface area contributed by atoms with Gasteiger partial charge in [0.25, 0.3) is 0 Å². The Morgan fingerprint density at radius 3 is 2.45 bits per heavy atom. The van der Waals surface area contributed by atoms with Crippen LogP contribution < -0.4 is 0 Å². The lowest BCUT2D eigenvalue weighted by atomic mass is 9.95. The highest BCUT2D eigenvalue weighted by molar-refractivity contribution is 5.21. The van der Waals surface area contributed by atoms with E-state index in [0.29, 0.717) is 6.54 Å². The highest BCUT2D eigenvalue weighted by atomic mass is 16.3. The Bertz CT molecular complexity index is 552. The molecule has 0 bridgehead atoms. The number of likely N-dealkylation sites (N-methyl/N-ethyl adjacent to an activating group) is 1. The molecule has 2 rings (SSSR count). The fourth-order valence-electron chi connectivity index (χ4n) is 2.43. The van der Waals surface area contributed by atoms with Gasteiger partial charge in [0, 0.05) is 18.8 Å². The summed E-state index contributed by atoms with van der Waals surface area (Å²) in [5.74, 6) is 0. The maximum absolute atomic E-state index is 10.6. The van der Waals surface area contributed by atoms with E-state index in [1.807, 2.05) is 69.4 Å². The van der Waals surface area contributed by atoms with Gasteiger partial charge in [-0.25, -0.2) is 0 Å². The number of hydrogen-bond donors (Lipinski definition) is 1. The summed E-state index contributed by atoms with van der Waals surface area (Å²) in [5, 5.41) is 10.6. The summed E-state index contributed by atoms with van der Waals surface area (Å²) in [7, 11) is 2.00. The van der Waals surface area contributed by atoms with Crippen LogP contribution in [0.15, 0.2) is 48.5 Å². The summed E-state index contributed by atoms with van der Waals surface area (Å²) >= 11 is 0. The third-order valence-electron chi connectivity index (χ3n) is 3.35. The zero-order valence-electron chi connectivity index (χ0n) is 12.4. The van der Waals surface area contributed by atoms with Gasteiger partial charge in [-0.2, -0.15) is 0 Å². The molecule has 0 saturated carbocycles. The quantitative estimate of drug-likeness (QED) is 0.907. The van der Waals surface area contributed by atoms with E-state index in [-0.39, 0.29) is 0 Å². The molecule has 3 nitrogen and oxygen atoms in total. The Hall–Kier alpha value is -1.71. The van der Waals surface area contributed by atoms with Crippen LogP contribution in [0.25, 0.3) is 0 Å². The Balaban J connectivity index is 2.02. The van der Waals surface area contributed by atoms with Crippen LogP contribution in [0.3, 0.4) is 0 Å². The van der Waals surface area contributed by atoms with E-state index in [1.54, 1.807) is 0 Å². The number of rotatable bonds is 5. The van der Waals surface area contributed by atoms with E-state index < -0.39 is 5.60 Å². The SMILES string of the molecule is Cc1cccc(CN(C)CC(C)(O)c2ccccc2)n1. The zero-order valence-corrected chi connectivity index (χ0v) is 12.4. The lowest BCUT2D eigenvalue weighted by molar-refractivity contribution is 0.0211. The predicted molar refractivity (Wildman–Crippen MR) is 81.3 cm³/mol. The van der Waals surface area contributed by atoms with Gasteiger partial charge in [0.05, 0.1) is 11.3 Å². The number of nitrogens with zero attached hydrogens (tertiary/aromatic N) is 2. The number of aromatic nitrogens is 1. The van der Waals surface area contributed by atoms with E-state index in [4.69, 9.17) is 0 Å². The van der Waals surface area contributed by atoms with Crippen molar-refractivity contribution in [1.82, 2.24) is 9.88 Å². The second-order valence-electron chi connectivity index (χ2n) is 5.58. The van der Waals surface area contributed by atoms with Gasteiger partial charge >= 0.3 is 0 Å². The summed E-state index contributed by atoms with van der Waals surface area (Å²) in [6.07, 6.45) is 0. The van der Waals surface area contributed by atoms with Crippen LogP contribution in [0.1, 0.15) is 23.9 Å². The van der Waals surface area contributed by atoms with Crippen LogP contribution in [0.4, 0.5) is 0 Å². The lowest BCUT2D eigenvalue weighted by Crippen LogP contribution is -2.36. The van der Waals surface area contributed by atoms with E-state index >= 15 is 0 Å². The van der Waals surface area contributed by atoms with Crippen LogP contribution >= 0.6 is 0 Å². The van der Waals surface area contributed by atoms with Crippen LogP contribution in [0.2, 0.25) is 0 Å². The number of hydrogen-bond acceptors (Lipinski definition) is 3. The minimum Gasteiger partial charge on any atom is -0.384 e. The Kier molecular flexibility index (Phi) is 4.53. The lowest BCUT2D eigenvalue weighted by Gasteiger charge is -2.29. The maximum Gasteiger partial charge on any atom is 0.0994 e. The molecule has 3 heteroatoms. The van der Waals surface area contributed by atoms with Crippen molar-refractivity contribution < 1.29 is 5.11 Å². The highest BCUT2D eigenvalue weighted by Crippen LogP contribution is 2.21. The highest BCUT2D eigenvalue weighted by Gasteiger charge is 2.24. The van der Waals surface area contributed by atoms with Gasteiger partial charge in [-0.05, 0) is 38.6 Å². The molecule has 1 heterocycles. The fourth-order valence-corrected chi connectivity index (χ4v) is 2.43. The maximum atomic E-state index is 10.6. The van der Waals surface area contributed by atoms with Crippen molar-refractivity contribution in [3.05, 3.63) is 65.5 Å². The van der Waals surface area contributed by atoms with Crippen LogP contribution in [0, 0.1) is 6.92 Å². The van der Waals surface area contributed by atoms with Crippen molar-refractivity contribution in [2.45, 2.75) is 26.0 Å². The molecule has 1 N–H and O–H groups in total. The molecule has 0 fully saturated rings. The summed E-state index contributed by atoms with van der Waals surface area (Å²) < 4.78 is 0. The smallest absolute Gasteiger partial charge is 0.0994 e. The van der Waals surface area contributed by atoms with E-state index in [9.17, 15) is 5.11 Å². The van der Waals surface area contributed by atoms with Crippen LogP contribution in [-0.4, -0.2) is 28.6 Å². The average molecular weight is 270 g/mol. The first-order chi connectivity index (χ1) is 9.47. The van der Waals surface area contributed by atoms with Gasteiger partial charge in [-0.15, -0.1) is 0 Å². The minimum atomic E-state index is -0.861. The van der Waals surface area contributed by atoms with Gasteiger partial charge in [-0.3, -0.25) is 9.88 Å². The van der Waals surface area contributed by atoms with Crippen molar-refractivity contribution in [3.8, 4) is 0 Å². The molecule has 0 spiro atoms. The number of aliphatic hydroxyl groups is 1. The average Bonchev–Trinajstić information content (AvgIpc) is 2.39. The van der Waals surface area contributed by atoms with Gasteiger partial charge < -0.3 is 5.11 Å². The largest absolute Gasteiger partial charge is 0.384 e. The Morgan fingerprint density at radius 1 is 1.10 bits per heavy atom. The third kappa shape index (κ3) is 3.89. The van der Waals surface area contributed by atoms with E-state index in [1.165, 1.54) is 0 Å². The third-order valence-corrected chi connectivity index (χ3v) is 3.35. The molecule has 0 saturated heterocycles. The topological polar surface area (TPSA) is 36.4 Å². The molecule has 0 radical (unpaired) electrons. The Labute approximate surface area is 120 Å². The second-order valence-corrected chi connectivity index (χ2v) is 5.58. The van der Waals surface area contributed by atoms with Gasteiger partial charge in [0.15, 0.2) is 0 Å². The van der Waals surface area contributed by atoms with E-state index in [0.717, 1.165) is 23.5 Å². The molecule has 0 aliphatic rings. The second kappa shape index (κ2) is 6.16. The van der Waals surface area contributed by atoms with Gasteiger partial charge in [-0.1, -0.05) is 36.4 Å². The molecule has 20 heavy (non-hydrogen) atoms. The van der Waals surface area contributed by atoms with Crippen LogP contribution in [-0.2, 0) is 12.1 Å². The molecular formula is C17H22N2O. The normalized spacial score (nSPS) is 14.2. The van der Waals surface area contributed by atoms with Crippen molar-refractivity contribution in [2.75, 3.05) is 13.6 Å².